The SMILES string of the molecule is CC(C)N(C)Cc1nnc2n1CCN(Cc1cnn(C)c1)CC2. The Kier molecular flexibility index (Phi) is 4.77. The van der Waals surface area contributed by atoms with Crippen molar-refractivity contribution in [2.24, 2.45) is 7.05 Å². The topological polar surface area (TPSA) is 55.0 Å². The molecule has 2 aromatic rings. The third kappa shape index (κ3) is 3.79. The summed E-state index contributed by atoms with van der Waals surface area (Å²) in [7, 11) is 4.10. The quantitative estimate of drug-likeness (QED) is 0.820. The minimum absolute atomic E-state index is 0.510. The number of hydrogen-bond donors (Lipinski definition) is 0. The molecule has 0 radical (unpaired) electrons. The Hall–Kier alpha value is -1.73. The number of nitrogens with zero attached hydrogens (tertiary/aromatic N) is 7. The van der Waals surface area contributed by atoms with Gasteiger partial charge in [0.15, 0.2) is 0 Å². The van der Waals surface area contributed by atoms with Crippen molar-refractivity contribution in [2.45, 2.75) is 45.9 Å². The van der Waals surface area contributed by atoms with Crippen LogP contribution in [0.4, 0.5) is 0 Å². The molecule has 0 atom stereocenters. The number of aromatic nitrogens is 5. The Morgan fingerprint density at radius 1 is 1.22 bits per heavy atom. The molecule has 0 spiro atoms. The van der Waals surface area contributed by atoms with Crippen LogP contribution in [-0.4, -0.2) is 60.5 Å². The van der Waals surface area contributed by atoms with Gasteiger partial charge in [-0.15, -0.1) is 10.2 Å². The first-order valence-electron chi connectivity index (χ1n) is 8.34. The fourth-order valence-electron chi connectivity index (χ4n) is 2.92. The molecular weight excluding hydrogens is 290 g/mol. The van der Waals surface area contributed by atoms with E-state index in [1.165, 1.54) is 5.56 Å². The van der Waals surface area contributed by atoms with Crippen LogP contribution in [0.5, 0.6) is 0 Å². The van der Waals surface area contributed by atoms with Crippen molar-refractivity contribution in [2.75, 3.05) is 20.1 Å². The van der Waals surface area contributed by atoms with Crippen molar-refractivity contribution in [1.82, 2.24) is 34.3 Å². The lowest BCUT2D eigenvalue weighted by atomic mass is 10.3. The van der Waals surface area contributed by atoms with Crippen LogP contribution in [-0.2, 0) is 33.1 Å². The fraction of sp³-hybridized carbons (Fsp3) is 0.688. The van der Waals surface area contributed by atoms with Gasteiger partial charge in [0, 0.05) is 57.4 Å². The normalized spacial score (nSPS) is 16.1. The fourth-order valence-corrected chi connectivity index (χ4v) is 2.92. The highest BCUT2D eigenvalue weighted by Gasteiger charge is 2.20. The van der Waals surface area contributed by atoms with E-state index in [1.807, 2.05) is 17.9 Å². The Morgan fingerprint density at radius 3 is 2.74 bits per heavy atom. The molecule has 0 saturated carbocycles. The Morgan fingerprint density at radius 2 is 2.04 bits per heavy atom. The van der Waals surface area contributed by atoms with E-state index in [1.54, 1.807) is 0 Å². The molecule has 3 heterocycles. The second-order valence-electron chi connectivity index (χ2n) is 6.74. The van der Waals surface area contributed by atoms with Gasteiger partial charge in [-0.2, -0.15) is 5.10 Å². The first kappa shape index (κ1) is 16.1. The largest absolute Gasteiger partial charge is 0.313 e. The highest BCUT2D eigenvalue weighted by molar-refractivity contribution is 5.05. The monoisotopic (exact) mass is 317 g/mol. The molecule has 0 amide bonds. The summed E-state index contributed by atoms with van der Waals surface area (Å²) >= 11 is 0. The van der Waals surface area contributed by atoms with Gasteiger partial charge in [-0.25, -0.2) is 0 Å². The maximum Gasteiger partial charge on any atom is 0.147 e. The van der Waals surface area contributed by atoms with Crippen molar-refractivity contribution in [3.05, 3.63) is 29.6 Å². The van der Waals surface area contributed by atoms with Crippen LogP contribution in [0.1, 0.15) is 31.1 Å². The summed E-state index contributed by atoms with van der Waals surface area (Å²) in [5.41, 5.74) is 1.27. The lowest BCUT2D eigenvalue weighted by Gasteiger charge is -2.21. The van der Waals surface area contributed by atoms with Crippen molar-refractivity contribution in [1.29, 1.82) is 0 Å². The average Bonchev–Trinajstić information content (AvgIpc) is 3.02. The molecule has 0 aliphatic carbocycles. The van der Waals surface area contributed by atoms with E-state index in [2.05, 4.69) is 56.8 Å². The lowest BCUT2D eigenvalue weighted by molar-refractivity contribution is 0.248. The first-order valence-corrected chi connectivity index (χ1v) is 8.34. The Balaban J connectivity index is 1.65. The van der Waals surface area contributed by atoms with E-state index in [0.717, 1.165) is 50.8 Å². The predicted octanol–water partition coefficient (Wildman–Crippen LogP) is 0.910. The van der Waals surface area contributed by atoms with Crippen LogP contribution < -0.4 is 0 Å². The standard InChI is InChI=1S/C16H27N7/c1-13(2)20(3)12-16-19-18-15-5-6-22(7-8-23(15)16)11-14-9-17-21(4)10-14/h9-10,13H,5-8,11-12H2,1-4H3. The summed E-state index contributed by atoms with van der Waals surface area (Å²) in [4.78, 5) is 4.78. The minimum atomic E-state index is 0.510. The number of aryl methyl sites for hydroxylation is 1. The molecule has 23 heavy (non-hydrogen) atoms. The van der Waals surface area contributed by atoms with Gasteiger partial charge in [-0.3, -0.25) is 14.5 Å². The van der Waals surface area contributed by atoms with E-state index >= 15 is 0 Å². The average molecular weight is 317 g/mol. The Bertz CT molecular complexity index is 643. The first-order chi connectivity index (χ1) is 11.0. The maximum absolute atomic E-state index is 4.42. The van der Waals surface area contributed by atoms with Crippen molar-refractivity contribution in [3.63, 3.8) is 0 Å². The van der Waals surface area contributed by atoms with Gasteiger partial charge in [0.1, 0.15) is 11.6 Å². The van der Waals surface area contributed by atoms with E-state index in [0.29, 0.717) is 6.04 Å². The molecule has 3 rings (SSSR count). The molecule has 7 heteroatoms. The number of fused-ring (bicyclic) bond motifs is 1. The molecule has 7 nitrogen and oxygen atoms in total. The minimum Gasteiger partial charge on any atom is -0.313 e. The van der Waals surface area contributed by atoms with Crippen molar-refractivity contribution in [3.8, 4) is 0 Å². The van der Waals surface area contributed by atoms with Gasteiger partial charge < -0.3 is 4.57 Å². The molecule has 0 bridgehead atoms. The van der Waals surface area contributed by atoms with Crippen LogP contribution in [0.25, 0.3) is 0 Å². The lowest BCUT2D eigenvalue weighted by Crippen LogP contribution is -2.29. The zero-order valence-corrected chi connectivity index (χ0v) is 14.6. The summed E-state index contributed by atoms with van der Waals surface area (Å²) in [5.74, 6) is 2.20. The van der Waals surface area contributed by atoms with E-state index in [9.17, 15) is 0 Å². The van der Waals surface area contributed by atoms with Gasteiger partial charge in [0.2, 0.25) is 0 Å². The van der Waals surface area contributed by atoms with Gasteiger partial charge in [0.25, 0.3) is 0 Å². The zero-order chi connectivity index (χ0) is 16.4. The number of rotatable bonds is 5. The third-order valence-electron chi connectivity index (χ3n) is 4.63. The number of hydrogen-bond acceptors (Lipinski definition) is 5. The summed E-state index contributed by atoms with van der Waals surface area (Å²) in [6.07, 6.45) is 5.00. The summed E-state index contributed by atoms with van der Waals surface area (Å²) in [5, 5.41) is 13.1. The molecule has 0 aromatic carbocycles. The van der Waals surface area contributed by atoms with Crippen LogP contribution in [0, 0.1) is 0 Å². The van der Waals surface area contributed by atoms with E-state index < -0.39 is 0 Å². The maximum atomic E-state index is 4.42. The molecule has 126 valence electrons. The van der Waals surface area contributed by atoms with Gasteiger partial charge in [0.05, 0.1) is 12.7 Å². The zero-order valence-electron chi connectivity index (χ0n) is 14.6. The summed E-state index contributed by atoms with van der Waals surface area (Å²) in [6.45, 7) is 9.22. The predicted molar refractivity (Wildman–Crippen MR) is 88.8 cm³/mol. The van der Waals surface area contributed by atoms with Crippen LogP contribution in [0.15, 0.2) is 12.4 Å². The van der Waals surface area contributed by atoms with Gasteiger partial charge >= 0.3 is 0 Å². The van der Waals surface area contributed by atoms with Crippen molar-refractivity contribution < 1.29 is 0 Å². The molecule has 1 aliphatic rings. The van der Waals surface area contributed by atoms with E-state index in [-0.39, 0.29) is 0 Å². The molecule has 2 aromatic heterocycles. The highest BCUT2D eigenvalue weighted by atomic mass is 15.3. The van der Waals surface area contributed by atoms with Crippen LogP contribution in [0.3, 0.4) is 0 Å². The highest BCUT2D eigenvalue weighted by Crippen LogP contribution is 2.13. The van der Waals surface area contributed by atoms with Crippen LogP contribution >= 0.6 is 0 Å². The molecule has 0 saturated heterocycles. The van der Waals surface area contributed by atoms with Gasteiger partial charge in [-0.1, -0.05) is 0 Å². The molecule has 0 unspecified atom stereocenters. The molecule has 0 N–H and O–H groups in total. The smallest absolute Gasteiger partial charge is 0.147 e. The Labute approximate surface area is 137 Å². The van der Waals surface area contributed by atoms with Crippen molar-refractivity contribution >= 4 is 0 Å². The second kappa shape index (κ2) is 6.80. The van der Waals surface area contributed by atoms with Crippen LogP contribution in [0.2, 0.25) is 0 Å². The molecule has 1 aliphatic heterocycles. The molecular formula is C16H27N7. The molecule has 0 fully saturated rings. The van der Waals surface area contributed by atoms with E-state index in [4.69, 9.17) is 0 Å². The third-order valence-corrected chi connectivity index (χ3v) is 4.63. The summed E-state index contributed by atoms with van der Waals surface area (Å²) in [6, 6.07) is 0.510. The second-order valence-corrected chi connectivity index (χ2v) is 6.74. The summed E-state index contributed by atoms with van der Waals surface area (Å²) < 4.78 is 4.17. The van der Waals surface area contributed by atoms with Gasteiger partial charge in [-0.05, 0) is 20.9 Å².